The molecule has 1 aliphatic heterocycles. The summed E-state index contributed by atoms with van der Waals surface area (Å²) in [5, 5.41) is 0. The van der Waals surface area contributed by atoms with E-state index in [0.29, 0.717) is 0 Å². The SMILES string of the molecule is CC(=O)N1CCCN(c2cc[c]cc2)CC1. The summed E-state index contributed by atoms with van der Waals surface area (Å²) in [7, 11) is 0. The first-order valence-electron chi connectivity index (χ1n) is 5.74. The number of anilines is 1. The molecular weight excluding hydrogens is 200 g/mol. The van der Waals surface area contributed by atoms with Crippen molar-refractivity contribution in [2.75, 3.05) is 31.1 Å². The lowest BCUT2D eigenvalue weighted by Crippen LogP contribution is -2.33. The van der Waals surface area contributed by atoms with Crippen LogP contribution < -0.4 is 4.90 Å². The quantitative estimate of drug-likeness (QED) is 0.712. The Morgan fingerprint density at radius 2 is 1.94 bits per heavy atom. The van der Waals surface area contributed by atoms with Crippen LogP contribution in [0.15, 0.2) is 24.3 Å². The van der Waals surface area contributed by atoms with Gasteiger partial charge in [0.1, 0.15) is 0 Å². The van der Waals surface area contributed by atoms with Crippen LogP contribution in [0.3, 0.4) is 0 Å². The zero-order valence-corrected chi connectivity index (χ0v) is 9.65. The molecule has 0 unspecified atom stereocenters. The van der Waals surface area contributed by atoms with Crippen LogP contribution in [0.4, 0.5) is 5.69 Å². The molecule has 1 amide bonds. The normalized spacial score (nSPS) is 17.1. The molecule has 0 N–H and O–H groups in total. The van der Waals surface area contributed by atoms with Crippen LogP contribution in [-0.2, 0) is 4.79 Å². The maximum absolute atomic E-state index is 11.3. The topological polar surface area (TPSA) is 23.6 Å². The van der Waals surface area contributed by atoms with Crippen molar-refractivity contribution in [3.05, 3.63) is 30.3 Å². The van der Waals surface area contributed by atoms with E-state index in [1.165, 1.54) is 5.69 Å². The van der Waals surface area contributed by atoms with Gasteiger partial charge in [0.2, 0.25) is 5.91 Å². The second kappa shape index (κ2) is 5.01. The van der Waals surface area contributed by atoms with Crippen LogP contribution in [0.25, 0.3) is 0 Å². The lowest BCUT2D eigenvalue weighted by atomic mass is 10.3. The molecule has 1 fully saturated rings. The van der Waals surface area contributed by atoms with Gasteiger partial charge in [-0.15, -0.1) is 0 Å². The van der Waals surface area contributed by atoms with Crippen LogP contribution in [0.1, 0.15) is 13.3 Å². The molecule has 1 radical (unpaired) electrons. The lowest BCUT2D eigenvalue weighted by Gasteiger charge is -2.23. The van der Waals surface area contributed by atoms with Gasteiger partial charge in [-0.25, -0.2) is 0 Å². The van der Waals surface area contributed by atoms with Crippen LogP contribution in [-0.4, -0.2) is 37.0 Å². The summed E-state index contributed by atoms with van der Waals surface area (Å²) in [6.07, 6.45) is 1.04. The molecule has 1 aromatic rings. The molecule has 3 nitrogen and oxygen atoms in total. The number of hydrogen-bond acceptors (Lipinski definition) is 2. The average Bonchev–Trinajstić information content (AvgIpc) is 2.55. The minimum Gasteiger partial charge on any atom is -0.370 e. The lowest BCUT2D eigenvalue weighted by molar-refractivity contribution is -0.128. The number of benzene rings is 1. The van der Waals surface area contributed by atoms with E-state index in [9.17, 15) is 4.79 Å². The van der Waals surface area contributed by atoms with Crippen LogP contribution in [0, 0.1) is 6.07 Å². The molecular formula is C13H17N2O. The van der Waals surface area contributed by atoms with Gasteiger partial charge in [-0.05, 0) is 24.6 Å². The molecule has 1 heterocycles. The summed E-state index contributed by atoms with van der Waals surface area (Å²) in [6, 6.07) is 11.0. The van der Waals surface area contributed by atoms with Crippen molar-refractivity contribution < 1.29 is 4.79 Å². The Morgan fingerprint density at radius 3 is 2.62 bits per heavy atom. The largest absolute Gasteiger partial charge is 0.370 e. The monoisotopic (exact) mass is 217 g/mol. The van der Waals surface area contributed by atoms with Gasteiger partial charge < -0.3 is 9.80 Å². The molecule has 1 aliphatic rings. The number of amides is 1. The maximum Gasteiger partial charge on any atom is 0.219 e. The van der Waals surface area contributed by atoms with E-state index in [2.05, 4.69) is 23.1 Å². The fourth-order valence-corrected chi connectivity index (χ4v) is 2.08. The molecule has 1 aromatic carbocycles. The predicted molar refractivity (Wildman–Crippen MR) is 64.4 cm³/mol. The average molecular weight is 217 g/mol. The van der Waals surface area contributed by atoms with Crippen molar-refractivity contribution >= 4 is 11.6 Å². The van der Waals surface area contributed by atoms with Gasteiger partial charge >= 0.3 is 0 Å². The van der Waals surface area contributed by atoms with Gasteiger partial charge in [0.25, 0.3) is 0 Å². The van der Waals surface area contributed by atoms with Gasteiger partial charge in [0.15, 0.2) is 0 Å². The second-order valence-corrected chi connectivity index (χ2v) is 4.10. The minimum absolute atomic E-state index is 0.184. The highest BCUT2D eigenvalue weighted by molar-refractivity contribution is 5.73. The number of carbonyl (C=O) groups excluding carboxylic acids is 1. The molecule has 3 heteroatoms. The molecule has 0 bridgehead atoms. The van der Waals surface area contributed by atoms with Crippen LogP contribution >= 0.6 is 0 Å². The molecule has 85 valence electrons. The molecule has 1 saturated heterocycles. The maximum atomic E-state index is 11.3. The van der Waals surface area contributed by atoms with Crippen LogP contribution in [0.5, 0.6) is 0 Å². The molecule has 0 aliphatic carbocycles. The molecule has 16 heavy (non-hydrogen) atoms. The predicted octanol–water partition coefficient (Wildman–Crippen LogP) is 1.55. The summed E-state index contributed by atoms with van der Waals surface area (Å²) in [5.74, 6) is 0.184. The van der Waals surface area contributed by atoms with Gasteiger partial charge in [0, 0.05) is 38.8 Å². The van der Waals surface area contributed by atoms with Gasteiger partial charge in [0.05, 0.1) is 0 Å². The first-order valence-corrected chi connectivity index (χ1v) is 5.74. The number of nitrogens with zero attached hydrogens (tertiary/aromatic N) is 2. The Bertz CT molecular complexity index is 350. The Labute approximate surface area is 96.7 Å². The Hall–Kier alpha value is -1.51. The highest BCUT2D eigenvalue weighted by Gasteiger charge is 2.16. The fraction of sp³-hybridized carbons (Fsp3) is 0.462. The molecule has 0 spiro atoms. The van der Waals surface area contributed by atoms with E-state index in [4.69, 9.17) is 0 Å². The van der Waals surface area contributed by atoms with Crippen molar-refractivity contribution in [3.63, 3.8) is 0 Å². The van der Waals surface area contributed by atoms with Crippen molar-refractivity contribution in [2.45, 2.75) is 13.3 Å². The zero-order chi connectivity index (χ0) is 11.4. The number of hydrogen-bond donors (Lipinski definition) is 0. The summed E-state index contributed by atoms with van der Waals surface area (Å²) >= 11 is 0. The molecule has 0 atom stereocenters. The third kappa shape index (κ3) is 2.54. The van der Waals surface area contributed by atoms with E-state index in [1.54, 1.807) is 6.92 Å². The molecule has 0 aromatic heterocycles. The highest BCUT2D eigenvalue weighted by Crippen LogP contribution is 2.15. The van der Waals surface area contributed by atoms with Crippen molar-refractivity contribution in [3.8, 4) is 0 Å². The van der Waals surface area contributed by atoms with Crippen molar-refractivity contribution in [1.29, 1.82) is 0 Å². The van der Waals surface area contributed by atoms with Gasteiger partial charge in [-0.2, -0.15) is 0 Å². The third-order valence-electron chi connectivity index (χ3n) is 3.01. The third-order valence-corrected chi connectivity index (χ3v) is 3.01. The number of carbonyl (C=O) groups is 1. The summed E-state index contributed by atoms with van der Waals surface area (Å²) in [4.78, 5) is 15.6. The van der Waals surface area contributed by atoms with E-state index >= 15 is 0 Å². The second-order valence-electron chi connectivity index (χ2n) is 4.10. The first kappa shape index (κ1) is 11.0. The van der Waals surface area contributed by atoms with Gasteiger partial charge in [-0.3, -0.25) is 4.79 Å². The summed E-state index contributed by atoms with van der Waals surface area (Å²) < 4.78 is 0. The molecule has 0 saturated carbocycles. The zero-order valence-electron chi connectivity index (χ0n) is 9.65. The van der Waals surface area contributed by atoms with Crippen molar-refractivity contribution in [1.82, 2.24) is 4.90 Å². The Morgan fingerprint density at radius 1 is 1.19 bits per heavy atom. The fourth-order valence-electron chi connectivity index (χ4n) is 2.08. The highest BCUT2D eigenvalue weighted by atomic mass is 16.2. The van der Waals surface area contributed by atoms with E-state index in [0.717, 1.165) is 32.6 Å². The molecule has 2 rings (SSSR count). The standard InChI is InChI=1S/C13H17N2O/c1-12(16)14-8-5-9-15(11-10-14)13-6-3-2-4-7-13/h3-4,6-7H,5,8-11H2,1H3. The van der Waals surface area contributed by atoms with E-state index in [-0.39, 0.29) is 5.91 Å². The Balaban J connectivity index is 2.02. The van der Waals surface area contributed by atoms with Gasteiger partial charge in [-0.1, -0.05) is 12.1 Å². The first-order chi connectivity index (χ1) is 7.77. The van der Waals surface area contributed by atoms with E-state index < -0.39 is 0 Å². The summed E-state index contributed by atoms with van der Waals surface area (Å²) in [6.45, 7) is 5.29. The number of rotatable bonds is 1. The van der Waals surface area contributed by atoms with Crippen LogP contribution in [0.2, 0.25) is 0 Å². The Kier molecular flexibility index (Phi) is 3.44. The summed E-state index contributed by atoms with van der Waals surface area (Å²) in [5.41, 5.74) is 1.23. The van der Waals surface area contributed by atoms with Crippen molar-refractivity contribution in [2.24, 2.45) is 0 Å². The smallest absolute Gasteiger partial charge is 0.219 e. The minimum atomic E-state index is 0.184. The van der Waals surface area contributed by atoms with E-state index in [1.807, 2.05) is 17.0 Å².